The van der Waals surface area contributed by atoms with Crippen molar-refractivity contribution in [2.24, 2.45) is 23.1 Å². The lowest BCUT2D eigenvalue weighted by Crippen LogP contribution is -2.62. The number of phenolic OH excluding ortho intramolecular Hbond substituents is 1. The third kappa shape index (κ3) is 29.9. The maximum atomic E-state index is 15.8. The highest BCUT2D eigenvalue weighted by molar-refractivity contribution is 8.00. The van der Waals surface area contributed by atoms with Gasteiger partial charge in [-0.25, -0.2) is 4.98 Å². The number of hydrogen-bond acceptors (Lipinski definition) is 24. The molecule has 744 valence electrons. The van der Waals surface area contributed by atoms with Crippen molar-refractivity contribution in [3.8, 4) is 5.75 Å². The predicted octanol–water partition coefficient (Wildman–Crippen LogP) is -3.96. The van der Waals surface area contributed by atoms with Gasteiger partial charge in [0.05, 0.1) is 43.9 Å². The number of aromatic hydroxyl groups is 1. The van der Waals surface area contributed by atoms with Crippen molar-refractivity contribution in [1.29, 1.82) is 5.41 Å². The molecule has 9 rings (SSSR count). The Labute approximate surface area is 794 Å². The molecule has 137 heavy (non-hydrogen) atoms. The molecule has 17 amide bonds. The van der Waals surface area contributed by atoms with Crippen LogP contribution in [0.2, 0.25) is 0 Å². The maximum Gasteiger partial charge on any atom is 0.246 e. The van der Waals surface area contributed by atoms with Crippen molar-refractivity contribution in [1.82, 2.24) is 103 Å². The minimum atomic E-state index is -1.91. The lowest BCUT2D eigenvalue weighted by Gasteiger charge is -2.36. The van der Waals surface area contributed by atoms with Gasteiger partial charge in [0.1, 0.15) is 90.3 Å². The number of nitrogens with two attached hydrogens (primary N) is 3. The van der Waals surface area contributed by atoms with Crippen LogP contribution in [0.4, 0.5) is 0 Å². The van der Waals surface area contributed by atoms with Crippen molar-refractivity contribution in [3.05, 3.63) is 120 Å². The number of phenols is 1. The second kappa shape index (κ2) is 50.7. The molecular weight excluding hydrogens is 1800 g/mol. The minimum Gasteiger partial charge on any atom is -0.508 e. The third-order valence-electron chi connectivity index (χ3n) is 24.3. The van der Waals surface area contributed by atoms with Crippen LogP contribution in [-0.2, 0) is 107 Å². The topological polar surface area (TPSA) is 682 Å². The van der Waals surface area contributed by atoms with Gasteiger partial charge in [0, 0.05) is 131 Å². The molecule has 1 unspecified atom stereocenters. The predicted molar refractivity (Wildman–Crippen MR) is 501 cm³/mol. The number of aliphatic hydroxyl groups excluding tert-OH is 3. The number of rotatable bonds is 26. The second-order valence-electron chi connectivity index (χ2n) is 35.2. The Morgan fingerprint density at radius 3 is 1.57 bits per heavy atom. The zero-order chi connectivity index (χ0) is 100. The normalized spacial score (nSPS) is 25.1. The summed E-state index contributed by atoms with van der Waals surface area (Å²) >= 11 is 0.744. The van der Waals surface area contributed by atoms with E-state index in [-0.39, 0.29) is 75.8 Å². The first-order valence-electron chi connectivity index (χ1n) is 45.6. The average Bonchev–Trinajstić information content (AvgIpc) is 1.51. The number of aliphatic hydroxyl groups is 3. The molecule has 0 spiro atoms. The summed E-state index contributed by atoms with van der Waals surface area (Å²) in [5.74, 6) is -18.9. The summed E-state index contributed by atoms with van der Waals surface area (Å²) in [7, 11) is 3.86. The summed E-state index contributed by atoms with van der Waals surface area (Å²) in [5, 5.41) is 82.1. The number of unbranched alkanes of at least 4 members (excludes halogenated alkanes) is 2. The number of likely N-dealkylation sites (N-methyl/N-ethyl adjacent to an activating group) is 3. The first kappa shape index (κ1) is 107. The van der Waals surface area contributed by atoms with Crippen molar-refractivity contribution in [2.75, 3.05) is 65.4 Å². The van der Waals surface area contributed by atoms with E-state index in [1.165, 1.54) is 64.9 Å². The summed E-state index contributed by atoms with van der Waals surface area (Å²) in [6, 6.07) is -3.13. The van der Waals surface area contributed by atoms with Gasteiger partial charge in [-0.3, -0.25) is 86.9 Å². The highest BCUT2D eigenvalue weighted by atomic mass is 32.2. The second-order valence-corrected chi connectivity index (χ2v) is 36.2. The number of nitrogens with zero attached hydrogens (tertiary/aromatic N) is 6. The van der Waals surface area contributed by atoms with Gasteiger partial charge in [0.25, 0.3) is 0 Å². The highest BCUT2D eigenvalue weighted by Gasteiger charge is 2.48. The van der Waals surface area contributed by atoms with Crippen molar-refractivity contribution in [2.45, 2.75) is 234 Å². The summed E-state index contributed by atoms with van der Waals surface area (Å²) in [5.41, 5.74) is 19.6. The Bertz CT molecular complexity index is 5290. The molecule has 45 nitrogen and oxygen atoms in total. The number of fused-ring (bicyclic) bond motifs is 4. The zero-order valence-corrected chi connectivity index (χ0v) is 78.7. The Balaban J connectivity index is 1.11. The maximum absolute atomic E-state index is 15.8. The number of carbonyl (C=O) groups excluding carboxylic acids is 17. The first-order chi connectivity index (χ1) is 65.2. The van der Waals surface area contributed by atoms with Gasteiger partial charge >= 0.3 is 0 Å². The van der Waals surface area contributed by atoms with E-state index in [4.69, 9.17) is 22.6 Å². The van der Waals surface area contributed by atoms with E-state index in [1.807, 2.05) is 13.8 Å². The number of nitrogens with one attached hydrogen (secondary N) is 15. The fourth-order valence-electron chi connectivity index (χ4n) is 16.8. The van der Waals surface area contributed by atoms with E-state index in [0.29, 0.717) is 64.2 Å². The zero-order valence-electron chi connectivity index (χ0n) is 77.9. The van der Waals surface area contributed by atoms with Crippen LogP contribution in [0.1, 0.15) is 134 Å². The number of aromatic amines is 3. The van der Waals surface area contributed by atoms with Gasteiger partial charge in [0.15, 0.2) is 5.96 Å². The molecule has 3 saturated heterocycles. The molecule has 16 atom stereocenters. The van der Waals surface area contributed by atoms with Crippen molar-refractivity contribution >= 4 is 140 Å². The van der Waals surface area contributed by atoms with E-state index in [0.717, 1.165) is 36.3 Å². The Morgan fingerprint density at radius 1 is 0.526 bits per heavy atom. The molecule has 6 heterocycles. The molecule has 0 aliphatic carbocycles. The molecule has 6 aromatic rings. The van der Waals surface area contributed by atoms with E-state index >= 15 is 38.4 Å². The molecular formula is C91H128N24O21S. The van der Waals surface area contributed by atoms with Gasteiger partial charge < -0.3 is 136 Å². The average molecular weight is 1930 g/mol. The molecule has 3 aromatic carbocycles. The van der Waals surface area contributed by atoms with Crippen LogP contribution < -0.4 is 75.7 Å². The molecule has 25 N–H and O–H groups in total. The number of thioether (sulfide) groups is 1. The van der Waals surface area contributed by atoms with Gasteiger partial charge in [-0.15, -0.1) is 11.8 Å². The number of primary amides is 2. The summed E-state index contributed by atoms with van der Waals surface area (Å²) < 4.78 is 0. The molecule has 0 radical (unpaired) electrons. The fourth-order valence-corrected chi connectivity index (χ4v) is 17.6. The fraction of sp³-hybridized carbons (Fsp3) is 0.527. The number of amides is 17. The standard InChI is InChI=1S/C91H128N24O21S/c1-9-11-23-70-83(129)103-61(22-17-29-97-91(94)95)79(125)110-69(78(124)100-41-75(93)121)45-137-46-76(122)102-65(31-50-25-27-54(117)28-26-50)86(132)111(6)49(5)77(123)106-67(37-74(92)120)89(135)115-43-56(119)36-73(115)85(131)105-63(34-53-40-96-47-101-53)81(127)107-64(30-48(3)4)88(134)114-42-55(118)35-72(114)84(130)104-62(32-51-38-98-59-20-15-13-18-57(51)59)80(126)109-68(44-116)82(128)108-66(33-52-39-99-60-21-16-14-19-58(52)60)87(133)113(8)71(24-12-10-2)90(136)112(70)7/h13-16,18-21,25-28,38-40,47-49,55-56,61-73,98-99,116-119H,9-12,17,22-24,29-37,41-46H2,1-8H3,(H2,92,120)(H2,93,121)(H,96,101)(H,100,124)(H,102,122)(H,103,129)(H,104,130)(H,105,131)(H,106,123)(H,107,127)(H,108,128)(H,109,126)(H,110,125)(H4,94,95,97)/t49-,55+,56+,61-,62-,63-,64-,65-,66-,67-,68-,69?,70-,71-,72-,73-/m0/s1. The van der Waals surface area contributed by atoms with Crippen molar-refractivity contribution < 1.29 is 102 Å². The molecule has 3 fully saturated rings. The van der Waals surface area contributed by atoms with Gasteiger partial charge in [0.2, 0.25) is 100 Å². The van der Waals surface area contributed by atoms with Gasteiger partial charge in [-0.1, -0.05) is 102 Å². The number of benzene rings is 3. The van der Waals surface area contributed by atoms with Crippen LogP contribution in [-0.4, -0.2) is 333 Å². The highest BCUT2D eigenvalue weighted by Crippen LogP contribution is 2.28. The van der Waals surface area contributed by atoms with Crippen molar-refractivity contribution in [3.63, 3.8) is 0 Å². The van der Waals surface area contributed by atoms with Crippen LogP contribution >= 0.6 is 11.8 Å². The quantitative estimate of drug-likeness (QED) is 0.0140. The van der Waals surface area contributed by atoms with Crippen LogP contribution in [0.15, 0.2) is 97.7 Å². The van der Waals surface area contributed by atoms with E-state index in [1.54, 1.807) is 74.8 Å². The van der Waals surface area contributed by atoms with E-state index < -0.39 is 266 Å². The molecule has 46 heteroatoms. The van der Waals surface area contributed by atoms with Crippen LogP contribution in [0.25, 0.3) is 21.8 Å². The van der Waals surface area contributed by atoms with Gasteiger partial charge in [-0.05, 0) is 85.9 Å². The number of guanidine groups is 1. The summed E-state index contributed by atoms with van der Waals surface area (Å²) in [4.78, 5) is 269. The molecule has 3 aliphatic rings. The SMILES string of the molecule is CCCC[C@H]1C(=O)N(C)[C@@H](CCCC)C(=O)N[C@@H](CCCNC(=N)N)C(=O)NC(C(=O)NCC(N)=O)CSCC(=O)N[C@@H](Cc2ccc(O)cc2)C(=O)N(C)[C@@H](C)C(=O)N[C@@H](CC(N)=O)C(=O)N2C[C@H](O)C[C@H]2C(=O)N[C@@H](Cc2cnc[nH]2)C(=O)N[C@@H](CC(C)C)C(=O)N2C[C@H](O)C[C@H]2C(=O)N[C@@H](Cc2c[nH]c3ccccc23)C(=O)N[C@@H](CO)C(=O)N[C@@H](Cc2c[nH]c3ccccc23)C(=O)N1C. The molecule has 3 aliphatic heterocycles. The van der Waals surface area contributed by atoms with E-state index in [9.17, 15) is 63.6 Å². The van der Waals surface area contributed by atoms with Gasteiger partial charge in [-0.2, -0.15) is 0 Å². The third-order valence-corrected chi connectivity index (χ3v) is 25.4. The van der Waals surface area contributed by atoms with Crippen LogP contribution in [0, 0.1) is 11.3 Å². The molecule has 0 bridgehead atoms. The largest absolute Gasteiger partial charge is 0.508 e. The molecule has 3 aromatic heterocycles. The smallest absolute Gasteiger partial charge is 0.246 e. The number of hydrogen-bond donors (Lipinski definition) is 22. The summed E-state index contributed by atoms with van der Waals surface area (Å²) in [6.45, 7) is 5.40. The first-order valence-corrected chi connectivity index (χ1v) is 46.8. The number of para-hydroxylation sites is 2. The monoisotopic (exact) mass is 1920 g/mol. The lowest BCUT2D eigenvalue weighted by atomic mass is 10.00. The van der Waals surface area contributed by atoms with Crippen LogP contribution in [0.5, 0.6) is 5.75 Å². The minimum absolute atomic E-state index is 0.0195. The lowest BCUT2D eigenvalue weighted by molar-refractivity contribution is -0.149. The Hall–Kier alpha value is -13.8. The molecule has 0 saturated carbocycles. The number of H-pyrrole nitrogens is 3. The van der Waals surface area contributed by atoms with E-state index in [2.05, 4.69) is 78.4 Å². The van der Waals surface area contributed by atoms with Crippen LogP contribution in [0.3, 0.4) is 0 Å². The summed E-state index contributed by atoms with van der Waals surface area (Å²) in [6.07, 6.45) is 1.13. The Kier molecular flexibility index (Phi) is 39.6. The Morgan fingerprint density at radius 2 is 1.02 bits per heavy atom. The number of aromatic nitrogens is 4. The number of carbonyl (C=O) groups is 17. The number of imidazole rings is 1.